The predicted octanol–water partition coefficient (Wildman–Crippen LogP) is 4.84. The maximum absolute atomic E-state index is 12.1. The van der Waals surface area contributed by atoms with Gasteiger partial charge in [0, 0.05) is 35.6 Å². The first-order chi connectivity index (χ1) is 15.0. The molecule has 2 aromatic rings. The highest BCUT2D eigenvalue weighted by molar-refractivity contribution is 6.31. The molecule has 0 aromatic heterocycles. The number of rotatable bonds is 7. The average molecular weight is 440 g/mol. The van der Waals surface area contributed by atoms with Crippen LogP contribution in [-0.4, -0.2) is 37.6 Å². The van der Waals surface area contributed by atoms with Crippen LogP contribution in [-0.2, 0) is 35.4 Å². The lowest BCUT2D eigenvalue weighted by Crippen LogP contribution is -2.58. The van der Waals surface area contributed by atoms with Crippen molar-refractivity contribution in [1.29, 1.82) is 0 Å². The molecule has 5 heteroatoms. The van der Waals surface area contributed by atoms with Crippen LogP contribution in [0.3, 0.4) is 0 Å². The van der Waals surface area contributed by atoms with Gasteiger partial charge < -0.3 is 14.4 Å². The number of hydrogen-bond acceptors (Lipinski definition) is 4. The van der Waals surface area contributed by atoms with E-state index in [4.69, 9.17) is 21.1 Å². The van der Waals surface area contributed by atoms with E-state index in [1.54, 1.807) is 0 Å². The van der Waals surface area contributed by atoms with E-state index in [0.29, 0.717) is 12.0 Å². The van der Waals surface area contributed by atoms with E-state index in [-0.39, 0.29) is 11.4 Å². The molecule has 31 heavy (non-hydrogen) atoms. The summed E-state index contributed by atoms with van der Waals surface area (Å²) in [6, 6.07) is 12.6. The molecule has 0 N–H and O–H groups in total. The minimum atomic E-state index is -0.223. The molecule has 5 rings (SSSR count). The Morgan fingerprint density at radius 1 is 1.13 bits per heavy atom. The summed E-state index contributed by atoms with van der Waals surface area (Å²) >= 11 is 6.41. The van der Waals surface area contributed by atoms with Crippen LogP contribution in [0.2, 0.25) is 5.02 Å². The van der Waals surface area contributed by atoms with Gasteiger partial charge in [0.2, 0.25) is 0 Å². The normalized spacial score (nSPS) is 20.2. The van der Waals surface area contributed by atoms with Crippen LogP contribution in [0.25, 0.3) is 0 Å². The van der Waals surface area contributed by atoms with Crippen molar-refractivity contribution >= 4 is 17.6 Å². The zero-order chi connectivity index (χ0) is 21.6. The number of benzene rings is 2. The van der Waals surface area contributed by atoms with Gasteiger partial charge in [0.25, 0.3) is 0 Å². The first-order valence-electron chi connectivity index (χ1n) is 11.3. The van der Waals surface area contributed by atoms with Crippen LogP contribution in [0.15, 0.2) is 36.4 Å². The fraction of sp³-hybridized carbons (Fsp3) is 0.500. The summed E-state index contributed by atoms with van der Waals surface area (Å²) in [7, 11) is 1.50. The number of ether oxygens (including phenoxy) is 2. The van der Waals surface area contributed by atoms with Crippen molar-refractivity contribution < 1.29 is 14.3 Å². The molecule has 1 spiro atoms. The van der Waals surface area contributed by atoms with Gasteiger partial charge in [0.1, 0.15) is 12.4 Å². The number of aryl methyl sites for hydroxylation is 1. The molecule has 1 saturated carbocycles. The Morgan fingerprint density at radius 3 is 2.61 bits per heavy atom. The summed E-state index contributed by atoms with van der Waals surface area (Å²) in [5.74, 6) is 0.881. The van der Waals surface area contributed by atoms with E-state index in [0.717, 1.165) is 68.1 Å². The van der Waals surface area contributed by atoms with Gasteiger partial charge in [0.15, 0.2) is 0 Å². The van der Waals surface area contributed by atoms with Crippen molar-refractivity contribution in [3.8, 4) is 5.75 Å². The minimum absolute atomic E-state index is 0.0327. The highest BCUT2D eigenvalue weighted by Gasteiger charge is 2.56. The van der Waals surface area contributed by atoms with E-state index >= 15 is 0 Å². The van der Waals surface area contributed by atoms with Crippen molar-refractivity contribution in [2.45, 2.75) is 45.6 Å². The lowest BCUT2D eigenvalue weighted by atomic mass is 9.76. The summed E-state index contributed by atoms with van der Waals surface area (Å²) in [5.41, 5.74) is 5.26. The summed E-state index contributed by atoms with van der Waals surface area (Å²) in [6.07, 6.45) is 5.09. The third-order valence-corrected chi connectivity index (χ3v) is 7.76. The Hall–Kier alpha value is -2.04. The van der Waals surface area contributed by atoms with Crippen LogP contribution in [0, 0.1) is 10.8 Å². The topological polar surface area (TPSA) is 38.8 Å². The molecule has 2 aliphatic carbocycles. The number of esters is 1. The van der Waals surface area contributed by atoms with Gasteiger partial charge >= 0.3 is 5.97 Å². The van der Waals surface area contributed by atoms with E-state index < -0.39 is 0 Å². The first kappa shape index (κ1) is 20.8. The minimum Gasteiger partial charge on any atom is -0.489 e. The third-order valence-electron chi connectivity index (χ3n) is 7.40. The molecule has 0 bridgehead atoms. The van der Waals surface area contributed by atoms with Crippen molar-refractivity contribution in [3.05, 3.63) is 63.7 Å². The molecule has 0 amide bonds. The van der Waals surface area contributed by atoms with Crippen molar-refractivity contribution in [3.63, 3.8) is 0 Å². The fourth-order valence-electron chi connectivity index (χ4n) is 5.61. The number of carbonyl (C=O) groups is 1. The maximum Gasteiger partial charge on any atom is 0.313 e. The van der Waals surface area contributed by atoms with E-state index in [1.807, 2.05) is 12.1 Å². The Balaban J connectivity index is 1.20. The van der Waals surface area contributed by atoms with Crippen LogP contribution in [0.4, 0.5) is 0 Å². The highest BCUT2D eigenvalue weighted by Crippen LogP contribution is 2.51. The molecule has 1 saturated heterocycles. The standard InChI is InChI=1S/C26H30ClNO3/c1-3-18-5-4-6-23(27)22(18)14-31-21-8-7-19-12-25(13-20(19)11-21)15-28(16-25)17-26(9-10-26)24(29)30-2/h4-8,11H,3,9-10,12-17H2,1-2H3. The second kappa shape index (κ2) is 7.83. The quantitative estimate of drug-likeness (QED) is 0.579. The fourth-order valence-corrected chi connectivity index (χ4v) is 5.86. The van der Waals surface area contributed by atoms with Gasteiger partial charge in [0.05, 0.1) is 12.5 Å². The van der Waals surface area contributed by atoms with Crippen LogP contribution < -0.4 is 4.74 Å². The maximum atomic E-state index is 12.1. The Kier molecular flexibility index (Phi) is 5.26. The largest absolute Gasteiger partial charge is 0.489 e. The highest BCUT2D eigenvalue weighted by atomic mass is 35.5. The average Bonchev–Trinajstić information content (AvgIpc) is 3.43. The summed E-state index contributed by atoms with van der Waals surface area (Å²) in [6.45, 7) is 5.62. The SMILES string of the molecule is CCc1cccc(Cl)c1COc1ccc2c(c1)CC1(C2)CN(CC2(C(=O)OC)CC2)C1. The smallest absolute Gasteiger partial charge is 0.313 e. The van der Waals surface area contributed by atoms with Gasteiger partial charge in [-0.05, 0) is 67.0 Å². The lowest BCUT2D eigenvalue weighted by Gasteiger charge is -2.49. The summed E-state index contributed by atoms with van der Waals surface area (Å²) in [4.78, 5) is 14.5. The van der Waals surface area contributed by atoms with E-state index in [1.165, 1.54) is 23.8 Å². The third kappa shape index (κ3) is 3.85. The molecule has 2 fully saturated rings. The molecular formula is C26H30ClNO3. The predicted molar refractivity (Wildman–Crippen MR) is 122 cm³/mol. The molecule has 1 heterocycles. The molecule has 0 atom stereocenters. The van der Waals surface area contributed by atoms with Crippen molar-refractivity contribution in [2.75, 3.05) is 26.7 Å². The Morgan fingerprint density at radius 2 is 1.90 bits per heavy atom. The molecule has 4 nitrogen and oxygen atoms in total. The van der Waals surface area contributed by atoms with Crippen LogP contribution in [0.1, 0.15) is 42.0 Å². The van der Waals surface area contributed by atoms with Gasteiger partial charge in [-0.3, -0.25) is 4.79 Å². The molecular weight excluding hydrogens is 410 g/mol. The molecule has 0 radical (unpaired) electrons. The zero-order valence-corrected chi connectivity index (χ0v) is 19.1. The molecule has 1 aliphatic heterocycles. The number of methoxy groups -OCH3 is 1. The Labute approximate surface area is 189 Å². The monoisotopic (exact) mass is 439 g/mol. The van der Waals surface area contributed by atoms with Gasteiger partial charge in [-0.1, -0.05) is 36.7 Å². The number of carbonyl (C=O) groups excluding carboxylic acids is 1. The number of halogens is 1. The second-order valence-electron chi connectivity index (χ2n) is 9.72. The Bertz CT molecular complexity index is 1010. The summed E-state index contributed by atoms with van der Waals surface area (Å²) < 4.78 is 11.2. The van der Waals surface area contributed by atoms with Crippen molar-refractivity contribution in [2.24, 2.45) is 10.8 Å². The van der Waals surface area contributed by atoms with Crippen LogP contribution in [0.5, 0.6) is 5.75 Å². The number of nitrogens with zero attached hydrogens (tertiary/aromatic N) is 1. The molecule has 3 aliphatic rings. The van der Waals surface area contributed by atoms with Gasteiger partial charge in [-0.2, -0.15) is 0 Å². The number of fused-ring (bicyclic) bond motifs is 1. The van der Waals surface area contributed by atoms with Gasteiger partial charge in [-0.25, -0.2) is 0 Å². The first-order valence-corrected chi connectivity index (χ1v) is 11.7. The van der Waals surface area contributed by atoms with E-state index in [9.17, 15) is 4.79 Å². The summed E-state index contributed by atoms with van der Waals surface area (Å²) in [5, 5.41) is 0.773. The lowest BCUT2D eigenvalue weighted by molar-refractivity contribution is -0.149. The van der Waals surface area contributed by atoms with Crippen molar-refractivity contribution in [1.82, 2.24) is 4.90 Å². The van der Waals surface area contributed by atoms with Gasteiger partial charge in [-0.15, -0.1) is 0 Å². The van der Waals surface area contributed by atoms with E-state index in [2.05, 4.69) is 36.1 Å². The molecule has 0 unspecified atom stereocenters. The second-order valence-corrected chi connectivity index (χ2v) is 10.1. The number of hydrogen-bond donors (Lipinski definition) is 0. The zero-order valence-electron chi connectivity index (χ0n) is 18.4. The molecule has 164 valence electrons. The van der Waals surface area contributed by atoms with Crippen LogP contribution >= 0.6 is 11.6 Å². The molecule has 2 aromatic carbocycles. The number of likely N-dealkylation sites (tertiary alicyclic amines) is 1.